The molecule has 1 aromatic carbocycles. The number of benzene rings is 1. The van der Waals surface area contributed by atoms with E-state index in [1.807, 2.05) is 0 Å². The van der Waals surface area contributed by atoms with E-state index in [0.29, 0.717) is 11.1 Å². The summed E-state index contributed by atoms with van der Waals surface area (Å²) >= 11 is 28.9. The number of halogens is 5. The van der Waals surface area contributed by atoms with Gasteiger partial charge in [0.25, 0.3) is 0 Å². The van der Waals surface area contributed by atoms with E-state index in [9.17, 15) is 0 Å². The van der Waals surface area contributed by atoms with Gasteiger partial charge in [-0.25, -0.2) is 0 Å². The molecule has 0 radical (unpaired) electrons. The first-order valence-electron chi connectivity index (χ1n) is 3.94. The standard InChI is InChI=1S/C9H7Cl5O/c10-8(11,9(12,13)14)7-3-1-2-6(4-7)5-15/h1-4,15H,5H2. The number of rotatable bonds is 2. The molecule has 0 saturated heterocycles. The van der Waals surface area contributed by atoms with Crippen molar-refractivity contribution >= 4 is 58.0 Å². The largest absolute Gasteiger partial charge is 0.392 e. The second-order valence-corrected chi connectivity index (χ2v) is 6.54. The normalized spacial score (nSPS) is 12.9. The zero-order valence-electron chi connectivity index (χ0n) is 7.35. The predicted octanol–water partition coefficient (Wildman–Crippen LogP) is 4.18. The Morgan fingerprint density at radius 1 is 1.07 bits per heavy atom. The molecule has 0 aliphatic carbocycles. The van der Waals surface area contributed by atoms with Crippen LogP contribution in [-0.2, 0) is 10.9 Å². The van der Waals surface area contributed by atoms with Crippen molar-refractivity contribution in [3.63, 3.8) is 0 Å². The van der Waals surface area contributed by atoms with Gasteiger partial charge in [-0.2, -0.15) is 0 Å². The monoisotopic (exact) mass is 306 g/mol. The summed E-state index contributed by atoms with van der Waals surface area (Å²) in [7, 11) is 0. The Balaban J connectivity index is 3.15. The van der Waals surface area contributed by atoms with Crippen LogP contribution in [0.4, 0.5) is 0 Å². The summed E-state index contributed by atoms with van der Waals surface area (Å²) in [6.45, 7) is -0.127. The summed E-state index contributed by atoms with van der Waals surface area (Å²) < 4.78 is -3.49. The van der Waals surface area contributed by atoms with E-state index in [2.05, 4.69) is 0 Å². The maximum absolute atomic E-state index is 8.95. The highest BCUT2D eigenvalue weighted by Crippen LogP contribution is 2.52. The van der Waals surface area contributed by atoms with E-state index < -0.39 is 8.13 Å². The third-order valence-electron chi connectivity index (χ3n) is 1.83. The summed E-state index contributed by atoms with van der Waals surface area (Å²) in [6.07, 6.45) is 0. The van der Waals surface area contributed by atoms with Crippen molar-refractivity contribution < 1.29 is 5.11 Å². The highest BCUT2D eigenvalue weighted by molar-refractivity contribution is 6.75. The molecule has 0 fully saturated rings. The molecule has 0 aliphatic rings. The van der Waals surface area contributed by atoms with Crippen molar-refractivity contribution in [2.24, 2.45) is 0 Å². The lowest BCUT2D eigenvalue weighted by atomic mass is 10.1. The fourth-order valence-corrected chi connectivity index (χ4v) is 1.59. The first-order chi connectivity index (χ1) is 6.79. The number of hydrogen-bond donors (Lipinski definition) is 1. The molecule has 1 rings (SSSR count). The molecule has 0 aliphatic heterocycles. The van der Waals surface area contributed by atoms with Gasteiger partial charge in [0, 0.05) is 0 Å². The van der Waals surface area contributed by atoms with Gasteiger partial charge in [-0.15, -0.1) is 0 Å². The van der Waals surface area contributed by atoms with Crippen LogP contribution >= 0.6 is 58.0 Å². The second-order valence-electron chi connectivity index (χ2n) is 2.93. The van der Waals surface area contributed by atoms with Crippen LogP contribution in [0.25, 0.3) is 0 Å². The van der Waals surface area contributed by atoms with Gasteiger partial charge in [0.1, 0.15) is 0 Å². The summed E-state index contributed by atoms with van der Waals surface area (Å²) in [5.41, 5.74) is 1.07. The summed E-state index contributed by atoms with van der Waals surface area (Å²) in [5, 5.41) is 8.95. The predicted molar refractivity (Wildman–Crippen MR) is 66.0 cm³/mol. The number of alkyl halides is 5. The first kappa shape index (κ1) is 13.7. The Hall–Kier alpha value is 0.630. The molecule has 1 N–H and O–H groups in total. The van der Waals surface area contributed by atoms with Crippen LogP contribution in [0.2, 0.25) is 0 Å². The van der Waals surface area contributed by atoms with Crippen molar-refractivity contribution in [1.82, 2.24) is 0 Å². The molecule has 0 unspecified atom stereocenters. The maximum atomic E-state index is 8.95. The minimum Gasteiger partial charge on any atom is -0.392 e. The Bertz CT molecular complexity index is 345. The molecule has 6 heteroatoms. The van der Waals surface area contributed by atoms with Gasteiger partial charge in [-0.05, 0) is 11.1 Å². The van der Waals surface area contributed by atoms with Gasteiger partial charge in [0.15, 0.2) is 4.33 Å². The van der Waals surface area contributed by atoms with E-state index in [1.54, 1.807) is 24.3 Å². The topological polar surface area (TPSA) is 20.2 Å². The fourth-order valence-electron chi connectivity index (χ4n) is 1.03. The van der Waals surface area contributed by atoms with Crippen LogP contribution in [0.15, 0.2) is 24.3 Å². The number of aliphatic hydroxyl groups is 1. The van der Waals surface area contributed by atoms with E-state index in [-0.39, 0.29) is 6.61 Å². The quantitative estimate of drug-likeness (QED) is 0.813. The average molecular weight is 308 g/mol. The molecule has 0 amide bonds. The SMILES string of the molecule is OCc1cccc(C(Cl)(Cl)C(Cl)(Cl)Cl)c1. The highest BCUT2D eigenvalue weighted by Gasteiger charge is 2.47. The van der Waals surface area contributed by atoms with Crippen molar-refractivity contribution in [3.05, 3.63) is 35.4 Å². The van der Waals surface area contributed by atoms with Crippen LogP contribution in [-0.4, -0.2) is 8.90 Å². The highest BCUT2D eigenvalue weighted by atomic mass is 35.6. The summed E-state index contributed by atoms with van der Waals surface area (Å²) in [5.74, 6) is 0. The Morgan fingerprint density at radius 3 is 2.13 bits per heavy atom. The van der Waals surface area contributed by atoms with Crippen LogP contribution < -0.4 is 0 Å². The zero-order chi connectivity index (χ0) is 11.7. The van der Waals surface area contributed by atoms with E-state index in [4.69, 9.17) is 63.1 Å². The number of hydrogen-bond acceptors (Lipinski definition) is 1. The Kier molecular flexibility index (Phi) is 4.44. The van der Waals surface area contributed by atoms with Crippen molar-refractivity contribution in [3.8, 4) is 0 Å². The molecular formula is C9H7Cl5O. The van der Waals surface area contributed by atoms with Gasteiger partial charge in [-0.1, -0.05) is 82.3 Å². The summed E-state index contributed by atoms with van der Waals surface area (Å²) in [4.78, 5) is 0. The van der Waals surface area contributed by atoms with E-state index in [1.165, 1.54) is 0 Å². The van der Waals surface area contributed by atoms with Crippen molar-refractivity contribution in [1.29, 1.82) is 0 Å². The molecule has 0 spiro atoms. The molecule has 15 heavy (non-hydrogen) atoms. The first-order valence-corrected chi connectivity index (χ1v) is 5.83. The van der Waals surface area contributed by atoms with Crippen molar-refractivity contribution in [2.75, 3.05) is 0 Å². The Labute approximate surface area is 113 Å². The second kappa shape index (κ2) is 4.87. The van der Waals surface area contributed by atoms with E-state index in [0.717, 1.165) is 0 Å². The van der Waals surface area contributed by atoms with Crippen LogP contribution in [0.3, 0.4) is 0 Å². The van der Waals surface area contributed by atoms with Crippen LogP contribution in [0.5, 0.6) is 0 Å². The lowest BCUT2D eigenvalue weighted by Gasteiger charge is -2.27. The minimum absolute atomic E-state index is 0.127. The minimum atomic E-state index is -1.84. The van der Waals surface area contributed by atoms with Crippen molar-refractivity contribution in [2.45, 2.75) is 14.7 Å². The maximum Gasteiger partial charge on any atom is 0.227 e. The molecule has 0 aromatic heterocycles. The fraction of sp³-hybridized carbons (Fsp3) is 0.333. The lowest BCUT2D eigenvalue weighted by Crippen LogP contribution is -2.28. The smallest absolute Gasteiger partial charge is 0.227 e. The molecular weight excluding hydrogens is 301 g/mol. The van der Waals surface area contributed by atoms with Gasteiger partial charge in [0.05, 0.1) is 6.61 Å². The number of aliphatic hydroxyl groups excluding tert-OH is 1. The van der Waals surface area contributed by atoms with Gasteiger partial charge >= 0.3 is 0 Å². The molecule has 0 saturated carbocycles. The molecule has 1 nitrogen and oxygen atoms in total. The average Bonchev–Trinajstić information content (AvgIpc) is 2.16. The molecule has 0 bridgehead atoms. The molecule has 0 atom stereocenters. The van der Waals surface area contributed by atoms with Gasteiger partial charge in [0.2, 0.25) is 3.79 Å². The molecule has 84 valence electrons. The molecule has 1 aromatic rings. The summed E-state index contributed by atoms with van der Waals surface area (Å²) in [6, 6.07) is 6.60. The zero-order valence-corrected chi connectivity index (χ0v) is 11.1. The van der Waals surface area contributed by atoms with Crippen LogP contribution in [0, 0.1) is 0 Å². The Morgan fingerprint density at radius 2 is 1.67 bits per heavy atom. The van der Waals surface area contributed by atoms with Crippen LogP contribution in [0.1, 0.15) is 11.1 Å². The van der Waals surface area contributed by atoms with Gasteiger partial charge in [-0.3, -0.25) is 0 Å². The molecule has 0 heterocycles. The third-order valence-corrected chi connectivity index (χ3v) is 4.26. The third kappa shape index (κ3) is 3.06. The van der Waals surface area contributed by atoms with Gasteiger partial charge < -0.3 is 5.11 Å². The van der Waals surface area contributed by atoms with E-state index >= 15 is 0 Å². The lowest BCUT2D eigenvalue weighted by molar-refractivity contribution is 0.281.